The summed E-state index contributed by atoms with van der Waals surface area (Å²) in [5.74, 6) is -0.921. The minimum Gasteiger partial charge on any atom is -0.467 e. The fourth-order valence-electron chi connectivity index (χ4n) is 1.08. The zero-order chi connectivity index (χ0) is 12.0. The van der Waals surface area contributed by atoms with Gasteiger partial charge < -0.3 is 9.47 Å². The van der Waals surface area contributed by atoms with E-state index in [0.717, 1.165) is 23.8 Å². The first kappa shape index (κ1) is 13.0. The van der Waals surface area contributed by atoms with Crippen molar-refractivity contribution in [2.75, 3.05) is 14.2 Å². The molecule has 88 valence electrons. The van der Waals surface area contributed by atoms with E-state index in [1.165, 1.54) is 7.11 Å². The number of thioether (sulfide) groups is 1. The summed E-state index contributed by atoms with van der Waals surface area (Å²) in [4.78, 5) is 11.8. The van der Waals surface area contributed by atoms with Crippen molar-refractivity contribution in [1.82, 2.24) is 0 Å². The van der Waals surface area contributed by atoms with Crippen molar-refractivity contribution in [3.8, 4) is 0 Å². The van der Waals surface area contributed by atoms with Gasteiger partial charge in [0.05, 0.1) is 7.11 Å². The molecular weight excluding hydrogens is 231 g/mol. The van der Waals surface area contributed by atoms with E-state index in [1.54, 1.807) is 0 Å². The van der Waals surface area contributed by atoms with Gasteiger partial charge >= 0.3 is 5.97 Å². The first-order valence-corrected chi connectivity index (χ1v) is 5.53. The van der Waals surface area contributed by atoms with Crippen molar-refractivity contribution < 1.29 is 18.7 Å². The highest BCUT2D eigenvalue weighted by Crippen LogP contribution is 2.27. The van der Waals surface area contributed by atoms with Crippen molar-refractivity contribution >= 4 is 17.7 Å². The Morgan fingerprint density at radius 1 is 1.31 bits per heavy atom. The summed E-state index contributed by atoms with van der Waals surface area (Å²) < 4.78 is 22.8. The van der Waals surface area contributed by atoms with E-state index in [4.69, 9.17) is 4.74 Å². The van der Waals surface area contributed by atoms with Gasteiger partial charge in [-0.15, -0.1) is 0 Å². The lowest BCUT2D eigenvalue weighted by atomic mass is 10.4. The molecule has 0 aliphatic rings. The third kappa shape index (κ3) is 3.50. The van der Waals surface area contributed by atoms with Crippen molar-refractivity contribution in [2.24, 2.45) is 0 Å². The van der Waals surface area contributed by atoms with Gasteiger partial charge in [-0.2, -0.15) is 0 Å². The lowest BCUT2D eigenvalue weighted by Crippen LogP contribution is -2.30. The van der Waals surface area contributed by atoms with Gasteiger partial charge in [-0.05, 0) is 12.1 Å². The van der Waals surface area contributed by atoms with E-state index in [2.05, 4.69) is 4.74 Å². The average Bonchev–Trinajstić information content (AvgIpc) is 2.35. The molecule has 0 saturated heterocycles. The number of alkyl halides is 1. The normalized spacial score (nSPS) is 14.2. The number of carbonyl (C=O) groups is 1. The number of carbonyl (C=O) groups excluding carboxylic acids is 1. The van der Waals surface area contributed by atoms with Crippen LogP contribution in [0.3, 0.4) is 0 Å². The van der Waals surface area contributed by atoms with Crippen LogP contribution in [-0.2, 0) is 14.3 Å². The van der Waals surface area contributed by atoms with E-state index in [-0.39, 0.29) is 0 Å². The Hall–Kier alpha value is -1.07. The van der Waals surface area contributed by atoms with Gasteiger partial charge in [0.1, 0.15) is 5.44 Å². The fourth-order valence-corrected chi connectivity index (χ4v) is 1.99. The second-order valence-electron chi connectivity index (χ2n) is 2.96. The molecule has 1 aromatic rings. The summed E-state index contributed by atoms with van der Waals surface area (Å²) in [6.45, 7) is 0. The zero-order valence-electron chi connectivity index (χ0n) is 9.05. The van der Waals surface area contributed by atoms with Crippen molar-refractivity contribution in [2.45, 2.75) is 16.5 Å². The highest BCUT2D eigenvalue weighted by atomic mass is 32.2. The van der Waals surface area contributed by atoms with E-state index >= 15 is 0 Å². The number of hydrogen-bond acceptors (Lipinski definition) is 4. The van der Waals surface area contributed by atoms with Crippen LogP contribution in [-0.4, -0.2) is 31.8 Å². The smallest absolute Gasteiger partial charge is 0.344 e. The standard InChI is InChI=1S/C11H13FO3S/c1-14-10(13)9(12)11(15-2)16-8-6-4-3-5-7-8/h3-7,9,11H,1-2H3/t9-,11+/m1/s1. The molecule has 0 amide bonds. The predicted molar refractivity (Wildman–Crippen MR) is 60.0 cm³/mol. The van der Waals surface area contributed by atoms with Gasteiger partial charge in [0, 0.05) is 12.0 Å². The summed E-state index contributed by atoms with van der Waals surface area (Å²) in [6, 6.07) is 9.17. The van der Waals surface area contributed by atoms with Crippen LogP contribution in [0.25, 0.3) is 0 Å². The molecule has 0 aromatic heterocycles. The molecule has 0 unspecified atom stereocenters. The van der Waals surface area contributed by atoms with Gasteiger partial charge in [-0.25, -0.2) is 9.18 Å². The third-order valence-corrected chi connectivity index (χ3v) is 3.10. The maximum absolute atomic E-state index is 13.5. The van der Waals surface area contributed by atoms with E-state index in [9.17, 15) is 9.18 Å². The SMILES string of the molecule is COC(=O)[C@@H](F)[C@@H](OC)Sc1ccccc1. The summed E-state index contributed by atoms with van der Waals surface area (Å²) in [5.41, 5.74) is -0.894. The van der Waals surface area contributed by atoms with Gasteiger partial charge in [0.25, 0.3) is 0 Å². The summed E-state index contributed by atoms with van der Waals surface area (Å²) >= 11 is 1.14. The highest BCUT2D eigenvalue weighted by molar-refractivity contribution is 7.99. The third-order valence-electron chi connectivity index (χ3n) is 1.89. The van der Waals surface area contributed by atoms with Crippen LogP contribution in [0.5, 0.6) is 0 Å². The molecule has 0 fully saturated rings. The second kappa shape index (κ2) is 6.50. The number of esters is 1. The highest BCUT2D eigenvalue weighted by Gasteiger charge is 2.29. The molecule has 0 aliphatic carbocycles. The molecule has 5 heteroatoms. The Labute approximate surface area is 97.9 Å². The molecule has 0 radical (unpaired) electrons. The Bertz CT molecular complexity index is 331. The molecule has 3 nitrogen and oxygen atoms in total. The van der Waals surface area contributed by atoms with E-state index < -0.39 is 17.6 Å². The zero-order valence-corrected chi connectivity index (χ0v) is 9.87. The van der Waals surface area contributed by atoms with Crippen molar-refractivity contribution in [3.05, 3.63) is 30.3 Å². The minimum atomic E-state index is -1.79. The fraction of sp³-hybridized carbons (Fsp3) is 0.364. The molecule has 0 aliphatic heterocycles. The van der Waals surface area contributed by atoms with Crippen LogP contribution in [0.15, 0.2) is 35.2 Å². The van der Waals surface area contributed by atoms with Crippen LogP contribution in [0.1, 0.15) is 0 Å². The van der Waals surface area contributed by atoms with Crippen LogP contribution >= 0.6 is 11.8 Å². The number of methoxy groups -OCH3 is 2. The number of rotatable bonds is 5. The monoisotopic (exact) mass is 244 g/mol. The minimum absolute atomic E-state index is 0.834. The van der Waals surface area contributed by atoms with Gasteiger partial charge in [-0.3, -0.25) is 0 Å². The molecule has 16 heavy (non-hydrogen) atoms. The van der Waals surface area contributed by atoms with Gasteiger partial charge in [0.2, 0.25) is 6.17 Å². The Morgan fingerprint density at radius 3 is 2.44 bits per heavy atom. The van der Waals surface area contributed by atoms with E-state index in [0.29, 0.717) is 0 Å². The van der Waals surface area contributed by atoms with Crippen LogP contribution in [0, 0.1) is 0 Å². The topological polar surface area (TPSA) is 35.5 Å². The molecule has 1 aromatic carbocycles. The molecule has 0 saturated carbocycles. The van der Waals surface area contributed by atoms with Gasteiger partial charge in [-0.1, -0.05) is 30.0 Å². The lowest BCUT2D eigenvalue weighted by molar-refractivity contribution is -0.149. The average molecular weight is 244 g/mol. The summed E-state index contributed by atoms with van der Waals surface area (Å²) in [5, 5.41) is 0. The first-order chi connectivity index (χ1) is 7.69. The quantitative estimate of drug-likeness (QED) is 0.452. The van der Waals surface area contributed by atoms with Crippen LogP contribution < -0.4 is 0 Å². The van der Waals surface area contributed by atoms with Gasteiger partial charge in [0.15, 0.2) is 0 Å². The number of hydrogen-bond donors (Lipinski definition) is 0. The largest absolute Gasteiger partial charge is 0.467 e. The molecule has 0 spiro atoms. The van der Waals surface area contributed by atoms with Crippen LogP contribution in [0.2, 0.25) is 0 Å². The Balaban J connectivity index is 2.65. The Morgan fingerprint density at radius 2 is 1.94 bits per heavy atom. The first-order valence-electron chi connectivity index (χ1n) is 4.65. The number of benzene rings is 1. The summed E-state index contributed by atoms with van der Waals surface area (Å²) in [6.07, 6.45) is -1.79. The second-order valence-corrected chi connectivity index (χ2v) is 4.13. The maximum atomic E-state index is 13.5. The molecule has 0 N–H and O–H groups in total. The molecule has 0 bridgehead atoms. The van der Waals surface area contributed by atoms with E-state index in [1.807, 2.05) is 30.3 Å². The van der Waals surface area contributed by atoms with Crippen molar-refractivity contribution in [3.63, 3.8) is 0 Å². The molecular formula is C11H13FO3S. The summed E-state index contributed by atoms with van der Waals surface area (Å²) in [7, 11) is 2.50. The predicted octanol–water partition coefficient (Wildman–Crippen LogP) is 2.26. The number of halogens is 1. The molecule has 2 atom stereocenters. The molecule has 0 heterocycles. The van der Waals surface area contributed by atoms with Crippen LogP contribution in [0.4, 0.5) is 4.39 Å². The Kier molecular flexibility index (Phi) is 5.28. The number of ether oxygens (including phenoxy) is 2. The molecule has 1 rings (SSSR count). The lowest BCUT2D eigenvalue weighted by Gasteiger charge is -2.17. The van der Waals surface area contributed by atoms with Crippen molar-refractivity contribution in [1.29, 1.82) is 0 Å². The maximum Gasteiger partial charge on any atom is 0.344 e.